The predicted molar refractivity (Wildman–Crippen MR) is 139 cm³/mol. The van der Waals surface area contributed by atoms with Gasteiger partial charge in [-0.1, -0.05) is 45.1 Å². The van der Waals surface area contributed by atoms with Crippen molar-refractivity contribution in [3.63, 3.8) is 0 Å². The van der Waals surface area contributed by atoms with E-state index in [1.54, 1.807) is 6.92 Å². The normalized spacial score (nSPS) is 36.4. The highest BCUT2D eigenvalue weighted by Gasteiger charge is 2.75. The van der Waals surface area contributed by atoms with Crippen molar-refractivity contribution < 1.29 is 29.0 Å². The Hall–Kier alpha value is -2.19. The molecule has 0 aliphatic carbocycles. The fourth-order valence-corrected chi connectivity index (χ4v) is 7.24. The SMILES string of the molecule is C[C@H](CO)N1C(=O)[C@@H]2[C@@H]3C(=O)OCCCC/C=C\[C@]3(C)O[C@@]23C=CCN(C(C)(C)CC(C)(C)C)C(=O)C13. The monoisotopic (exact) mass is 516 g/mol. The lowest BCUT2D eigenvalue weighted by Crippen LogP contribution is -2.61. The maximum Gasteiger partial charge on any atom is 0.313 e. The molecular weight excluding hydrogens is 472 g/mol. The number of likely N-dealkylation sites (tertiary alicyclic amines) is 1. The minimum Gasteiger partial charge on any atom is -0.465 e. The highest BCUT2D eigenvalue weighted by Crippen LogP contribution is 2.57. The van der Waals surface area contributed by atoms with Crippen molar-refractivity contribution in [2.45, 2.75) is 103 Å². The molecule has 4 aliphatic rings. The average Bonchev–Trinajstić information content (AvgIpc) is 3.11. The van der Waals surface area contributed by atoms with E-state index in [4.69, 9.17) is 9.47 Å². The number of esters is 1. The fraction of sp³-hybridized carbons (Fsp3) is 0.759. The molecule has 4 rings (SSSR count). The molecule has 0 aromatic carbocycles. The average molecular weight is 517 g/mol. The van der Waals surface area contributed by atoms with Gasteiger partial charge < -0.3 is 24.4 Å². The van der Waals surface area contributed by atoms with Crippen molar-refractivity contribution in [3.8, 4) is 0 Å². The van der Waals surface area contributed by atoms with Gasteiger partial charge in [0.15, 0.2) is 0 Å². The van der Waals surface area contributed by atoms with Gasteiger partial charge in [0.05, 0.1) is 30.8 Å². The lowest BCUT2D eigenvalue weighted by molar-refractivity contribution is -0.163. The number of ether oxygens (including phenoxy) is 2. The maximum atomic E-state index is 14.5. The molecule has 1 unspecified atom stereocenters. The number of aliphatic hydroxyl groups excluding tert-OH is 1. The molecule has 2 saturated heterocycles. The van der Waals surface area contributed by atoms with Crippen LogP contribution in [0.25, 0.3) is 0 Å². The number of cyclic esters (lactones) is 1. The molecule has 2 fully saturated rings. The van der Waals surface area contributed by atoms with Gasteiger partial charge in [-0.25, -0.2) is 0 Å². The number of hydrogen-bond acceptors (Lipinski definition) is 6. The summed E-state index contributed by atoms with van der Waals surface area (Å²) >= 11 is 0. The Morgan fingerprint density at radius 3 is 2.41 bits per heavy atom. The third kappa shape index (κ3) is 4.65. The first kappa shape index (κ1) is 27.8. The summed E-state index contributed by atoms with van der Waals surface area (Å²) in [5, 5.41) is 10.1. The van der Waals surface area contributed by atoms with Crippen LogP contribution in [-0.2, 0) is 23.9 Å². The van der Waals surface area contributed by atoms with Gasteiger partial charge in [0, 0.05) is 12.1 Å². The second kappa shape index (κ2) is 9.53. The molecule has 0 radical (unpaired) electrons. The summed E-state index contributed by atoms with van der Waals surface area (Å²) in [6, 6.07) is -1.62. The van der Waals surface area contributed by atoms with E-state index in [1.165, 1.54) is 4.90 Å². The molecule has 4 aliphatic heterocycles. The van der Waals surface area contributed by atoms with Gasteiger partial charge >= 0.3 is 5.97 Å². The number of hydrogen-bond donors (Lipinski definition) is 1. The third-order valence-electron chi connectivity index (χ3n) is 8.37. The lowest BCUT2D eigenvalue weighted by Gasteiger charge is -2.45. The summed E-state index contributed by atoms with van der Waals surface area (Å²) in [5.41, 5.74) is -2.99. The number of aliphatic hydroxyl groups is 1. The van der Waals surface area contributed by atoms with Gasteiger partial charge in [-0.2, -0.15) is 0 Å². The molecule has 1 spiro atoms. The summed E-state index contributed by atoms with van der Waals surface area (Å²) in [6.45, 7) is 14.4. The molecule has 206 valence electrons. The van der Waals surface area contributed by atoms with E-state index < -0.39 is 46.6 Å². The number of carbonyl (C=O) groups is 3. The van der Waals surface area contributed by atoms with E-state index in [9.17, 15) is 19.5 Å². The van der Waals surface area contributed by atoms with E-state index in [0.29, 0.717) is 6.54 Å². The summed E-state index contributed by atoms with van der Waals surface area (Å²) < 4.78 is 12.5. The van der Waals surface area contributed by atoms with Crippen LogP contribution in [0.15, 0.2) is 24.3 Å². The number of nitrogens with zero attached hydrogens (tertiary/aromatic N) is 2. The Morgan fingerprint density at radius 1 is 1.05 bits per heavy atom. The maximum absolute atomic E-state index is 14.5. The summed E-state index contributed by atoms with van der Waals surface area (Å²) in [7, 11) is 0. The van der Waals surface area contributed by atoms with Crippen LogP contribution < -0.4 is 0 Å². The number of amides is 2. The van der Waals surface area contributed by atoms with Crippen LogP contribution >= 0.6 is 0 Å². The summed E-state index contributed by atoms with van der Waals surface area (Å²) in [6.07, 6.45) is 10.8. The zero-order valence-corrected chi connectivity index (χ0v) is 23.5. The number of rotatable bonds is 4. The first-order valence-electron chi connectivity index (χ1n) is 13.7. The van der Waals surface area contributed by atoms with Gasteiger partial charge in [0.1, 0.15) is 17.6 Å². The number of allylic oxidation sites excluding steroid dienone is 1. The minimum atomic E-state index is -1.35. The smallest absolute Gasteiger partial charge is 0.313 e. The van der Waals surface area contributed by atoms with Crippen molar-refractivity contribution in [2.75, 3.05) is 19.8 Å². The zero-order chi connectivity index (χ0) is 27.4. The molecule has 8 heteroatoms. The summed E-state index contributed by atoms with van der Waals surface area (Å²) in [5.74, 6) is -2.88. The van der Waals surface area contributed by atoms with E-state index in [0.717, 1.165) is 25.7 Å². The highest BCUT2D eigenvalue weighted by molar-refractivity contribution is 5.99. The zero-order valence-electron chi connectivity index (χ0n) is 23.5. The molecule has 2 amide bonds. The topological polar surface area (TPSA) is 96.4 Å². The molecule has 1 N–H and O–H groups in total. The largest absolute Gasteiger partial charge is 0.465 e. The number of carbonyl (C=O) groups excluding carboxylic acids is 3. The van der Waals surface area contributed by atoms with Gasteiger partial charge in [-0.3, -0.25) is 14.4 Å². The van der Waals surface area contributed by atoms with Gasteiger partial charge in [0.25, 0.3) is 0 Å². The van der Waals surface area contributed by atoms with Crippen molar-refractivity contribution in [2.24, 2.45) is 17.3 Å². The second-order valence-corrected chi connectivity index (χ2v) is 13.2. The van der Waals surface area contributed by atoms with Gasteiger partial charge in [-0.05, 0) is 58.8 Å². The van der Waals surface area contributed by atoms with E-state index >= 15 is 0 Å². The molecule has 4 heterocycles. The quantitative estimate of drug-likeness (QED) is 0.455. The molecule has 0 aromatic rings. The molecule has 0 bridgehead atoms. The van der Waals surface area contributed by atoms with E-state index in [2.05, 4.69) is 20.8 Å². The standard InChI is InChI=1S/C29H44N2O6/c1-19(17-32)31-22-24(34)30(27(5,6)18-26(2,3)4)15-12-14-29(22)20(23(31)33)21-25(35)36-16-11-9-8-10-13-28(21,7)37-29/h10,12-14,19-22,32H,8-9,11,15-18H2,1-7H3/b13-10-/t19-,20+,21-,22?,28+,29+/m1/s1. The van der Waals surface area contributed by atoms with Crippen LogP contribution in [-0.4, -0.2) is 81.3 Å². The van der Waals surface area contributed by atoms with Crippen molar-refractivity contribution >= 4 is 17.8 Å². The minimum absolute atomic E-state index is 0.0298. The van der Waals surface area contributed by atoms with Crippen molar-refractivity contribution in [3.05, 3.63) is 24.3 Å². The van der Waals surface area contributed by atoms with Crippen LogP contribution in [0.1, 0.15) is 74.1 Å². The Labute approximate surface area is 221 Å². The first-order chi connectivity index (χ1) is 17.2. The Bertz CT molecular complexity index is 997. The van der Waals surface area contributed by atoms with Crippen LogP contribution in [0, 0.1) is 17.3 Å². The Morgan fingerprint density at radius 2 is 1.76 bits per heavy atom. The van der Waals surface area contributed by atoms with Crippen LogP contribution in [0.3, 0.4) is 0 Å². The third-order valence-corrected chi connectivity index (χ3v) is 8.37. The van der Waals surface area contributed by atoms with Crippen molar-refractivity contribution in [1.29, 1.82) is 0 Å². The Kier molecular flexibility index (Phi) is 7.17. The van der Waals surface area contributed by atoms with E-state index in [1.807, 2.05) is 50.0 Å². The predicted octanol–water partition coefficient (Wildman–Crippen LogP) is 3.23. The van der Waals surface area contributed by atoms with E-state index in [-0.39, 0.29) is 30.4 Å². The molecule has 8 nitrogen and oxygen atoms in total. The van der Waals surface area contributed by atoms with Crippen molar-refractivity contribution in [1.82, 2.24) is 9.80 Å². The second-order valence-electron chi connectivity index (χ2n) is 13.2. The first-order valence-corrected chi connectivity index (χ1v) is 13.7. The summed E-state index contributed by atoms with van der Waals surface area (Å²) in [4.78, 5) is 45.5. The van der Waals surface area contributed by atoms with Gasteiger partial charge in [-0.15, -0.1) is 0 Å². The van der Waals surface area contributed by atoms with Crippen LogP contribution in [0.5, 0.6) is 0 Å². The number of fused-ring (bicyclic) bond motifs is 2. The molecule has 0 saturated carbocycles. The molecule has 6 atom stereocenters. The Balaban J connectivity index is 1.86. The van der Waals surface area contributed by atoms with Gasteiger partial charge in [0.2, 0.25) is 11.8 Å². The fourth-order valence-electron chi connectivity index (χ4n) is 7.24. The molecule has 37 heavy (non-hydrogen) atoms. The van der Waals surface area contributed by atoms with Crippen LogP contribution in [0.4, 0.5) is 0 Å². The lowest BCUT2D eigenvalue weighted by atomic mass is 9.74. The molecule has 0 aromatic heterocycles. The highest BCUT2D eigenvalue weighted by atomic mass is 16.6. The van der Waals surface area contributed by atoms with Crippen LogP contribution in [0.2, 0.25) is 0 Å². The molecular formula is C29H44N2O6.